The molecule has 0 heterocycles. The first-order chi connectivity index (χ1) is 10.3. The second-order valence-corrected chi connectivity index (χ2v) is 7.77. The third-order valence-corrected chi connectivity index (χ3v) is 6.51. The standard InChI is InChI=1S/C20H30O2/c1-6-14(2)8-10-16-15(3)9-11-17-19(16,4)12-7-13-20(17,5)18(21)22/h6,8,16-17H,1,3,7,9-13H2,2,4-5H3,(H,21,22)/b14-8-/t16-,17+,19+,20+/m1/s1. The number of carboxylic acids is 1. The second kappa shape index (κ2) is 6.06. The fourth-order valence-electron chi connectivity index (χ4n) is 5.03. The van der Waals surface area contributed by atoms with Crippen LogP contribution in [0, 0.1) is 22.7 Å². The Kier molecular flexibility index (Phi) is 4.70. The lowest BCUT2D eigenvalue weighted by Gasteiger charge is -2.57. The van der Waals surface area contributed by atoms with Crippen LogP contribution < -0.4 is 0 Å². The SMILES string of the molecule is C=C/C(C)=C\C[C@@H]1C(=C)CC[C@H]2[C@@]1(C)CCC[C@]2(C)C(=O)O. The predicted molar refractivity (Wildman–Crippen MR) is 91.6 cm³/mol. The number of aliphatic carboxylic acids is 1. The van der Waals surface area contributed by atoms with E-state index in [0.29, 0.717) is 5.92 Å². The van der Waals surface area contributed by atoms with Crippen LogP contribution in [0.1, 0.15) is 59.3 Å². The molecule has 2 rings (SSSR count). The van der Waals surface area contributed by atoms with Crippen LogP contribution in [0.25, 0.3) is 0 Å². The highest BCUT2D eigenvalue weighted by atomic mass is 16.4. The van der Waals surface area contributed by atoms with Crippen molar-refractivity contribution in [3.63, 3.8) is 0 Å². The van der Waals surface area contributed by atoms with Gasteiger partial charge in [0.1, 0.15) is 0 Å². The van der Waals surface area contributed by atoms with Gasteiger partial charge in [0.05, 0.1) is 5.41 Å². The largest absolute Gasteiger partial charge is 0.481 e. The Balaban J connectivity index is 2.36. The zero-order chi connectivity index (χ0) is 16.5. The molecule has 2 aliphatic rings. The number of rotatable bonds is 4. The van der Waals surface area contributed by atoms with Gasteiger partial charge in [-0.05, 0) is 63.2 Å². The third-order valence-electron chi connectivity index (χ3n) is 6.51. The highest BCUT2D eigenvalue weighted by Crippen LogP contribution is 2.61. The first-order valence-corrected chi connectivity index (χ1v) is 8.46. The molecule has 0 spiro atoms. The topological polar surface area (TPSA) is 37.3 Å². The maximum absolute atomic E-state index is 11.9. The van der Waals surface area contributed by atoms with Gasteiger partial charge in [-0.1, -0.05) is 49.8 Å². The molecular formula is C20H30O2. The molecule has 122 valence electrons. The monoisotopic (exact) mass is 302 g/mol. The highest BCUT2D eigenvalue weighted by Gasteiger charge is 2.57. The maximum Gasteiger partial charge on any atom is 0.309 e. The summed E-state index contributed by atoms with van der Waals surface area (Å²) in [5.74, 6) is 0.0202. The van der Waals surface area contributed by atoms with E-state index >= 15 is 0 Å². The average Bonchev–Trinajstić information content (AvgIpc) is 2.45. The molecule has 0 aromatic carbocycles. The van der Waals surface area contributed by atoms with Crippen LogP contribution in [0.2, 0.25) is 0 Å². The maximum atomic E-state index is 11.9. The van der Waals surface area contributed by atoms with E-state index in [1.165, 1.54) is 11.1 Å². The van der Waals surface area contributed by atoms with Crippen molar-refractivity contribution in [2.75, 3.05) is 0 Å². The van der Waals surface area contributed by atoms with Crippen LogP contribution in [-0.4, -0.2) is 11.1 Å². The van der Waals surface area contributed by atoms with Gasteiger partial charge in [0.2, 0.25) is 0 Å². The normalized spacial score (nSPS) is 39.2. The van der Waals surface area contributed by atoms with Crippen molar-refractivity contribution in [2.24, 2.45) is 22.7 Å². The van der Waals surface area contributed by atoms with Crippen LogP contribution >= 0.6 is 0 Å². The molecule has 0 aromatic rings. The molecule has 0 aliphatic heterocycles. The van der Waals surface area contributed by atoms with Crippen LogP contribution in [0.5, 0.6) is 0 Å². The summed E-state index contributed by atoms with van der Waals surface area (Å²) in [4.78, 5) is 11.9. The van der Waals surface area contributed by atoms with E-state index in [2.05, 4.69) is 33.1 Å². The Bertz CT molecular complexity index is 516. The second-order valence-electron chi connectivity index (χ2n) is 7.77. The molecule has 2 aliphatic carbocycles. The van der Waals surface area contributed by atoms with Crippen LogP contribution in [0.3, 0.4) is 0 Å². The Labute approximate surface area is 135 Å². The van der Waals surface area contributed by atoms with E-state index in [-0.39, 0.29) is 11.3 Å². The highest BCUT2D eigenvalue weighted by molar-refractivity contribution is 5.75. The average molecular weight is 302 g/mol. The summed E-state index contributed by atoms with van der Waals surface area (Å²) in [5.41, 5.74) is 1.97. The van der Waals surface area contributed by atoms with Gasteiger partial charge >= 0.3 is 5.97 Å². The number of allylic oxidation sites excluding steroid dienone is 4. The van der Waals surface area contributed by atoms with Crippen molar-refractivity contribution >= 4 is 5.97 Å². The van der Waals surface area contributed by atoms with E-state index < -0.39 is 11.4 Å². The minimum absolute atomic E-state index is 0.0542. The van der Waals surface area contributed by atoms with Gasteiger partial charge in [-0.25, -0.2) is 0 Å². The van der Waals surface area contributed by atoms with Crippen molar-refractivity contribution in [2.45, 2.75) is 59.3 Å². The lowest BCUT2D eigenvalue weighted by molar-refractivity contribution is -0.164. The van der Waals surface area contributed by atoms with Gasteiger partial charge in [0, 0.05) is 0 Å². The van der Waals surface area contributed by atoms with E-state index in [0.717, 1.165) is 38.5 Å². The number of carbonyl (C=O) groups is 1. The molecule has 0 radical (unpaired) electrons. The van der Waals surface area contributed by atoms with Crippen LogP contribution in [0.4, 0.5) is 0 Å². The minimum atomic E-state index is -0.618. The number of carboxylic acid groups (broad SMARTS) is 1. The molecule has 22 heavy (non-hydrogen) atoms. The predicted octanol–water partition coefficient (Wildman–Crippen LogP) is 5.37. The van der Waals surface area contributed by atoms with Crippen LogP contribution in [-0.2, 0) is 4.79 Å². The van der Waals surface area contributed by atoms with E-state index in [9.17, 15) is 9.90 Å². The number of fused-ring (bicyclic) bond motifs is 1. The molecule has 2 nitrogen and oxygen atoms in total. The summed E-state index contributed by atoms with van der Waals surface area (Å²) in [6.07, 6.45) is 9.95. The molecule has 4 atom stereocenters. The molecular weight excluding hydrogens is 272 g/mol. The summed E-state index contributed by atoms with van der Waals surface area (Å²) in [7, 11) is 0. The van der Waals surface area contributed by atoms with E-state index in [1.807, 2.05) is 13.0 Å². The minimum Gasteiger partial charge on any atom is -0.481 e. The van der Waals surface area contributed by atoms with Crippen LogP contribution in [0.15, 0.2) is 36.5 Å². The fourth-order valence-corrected chi connectivity index (χ4v) is 5.03. The van der Waals surface area contributed by atoms with Gasteiger partial charge in [0.25, 0.3) is 0 Å². The summed E-state index contributed by atoms with van der Waals surface area (Å²) >= 11 is 0. The Morgan fingerprint density at radius 2 is 2.09 bits per heavy atom. The van der Waals surface area contributed by atoms with E-state index in [4.69, 9.17) is 0 Å². The zero-order valence-corrected chi connectivity index (χ0v) is 14.3. The van der Waals surface area contributed by atoms with Crippen molar-refractivity contribution in [1.29, 1.82) is 0 Å². The summed E-state index contributed by atoms with van der Waals surface area (Å²) in [6.45, 7) is 14.5. The van der Waals surface area contributed by atoms with Crippen molar-refractivity contribution in [1.82, 2.24) is 0 Å². The molecule has 0 unspecified atom stereocenters. The zero-order valence-electron chi connectivity index (χ0n) is 14.3. The quantitative estimate of drug-likeness (QED) is 0.559. The summed E-state index contributed by atoms with van der Waals surface area (Å²) < 4.78 is 0. The van der Waals surface area contributed by atoms with Gasteiger partial charge in [0.15, 0.2) is 0 Å². The molecule has 2 heteroatoms. The fraction of sp³-hybridized carbons (Fsp3) is 0.650. The lowest BCUT2D eigenvalue weighted by Crippen LogP contribution is -2.53. The van der Waals surface area contributed by atoms with Crippen molar-refractivity contribution in [3.8, 4) is 0 Å². The Morgan fingerprint density at radius 3 is 2.68 bits per heavy atom. The van der Waals surface area contributed by atoms with Gasteiger partial charge in [-0.2, -0.15) is 0 Å². The molecule has 0 saturated heterocycles. The molecule has 0 amide bonds. The van der Waals surface area contributed by atoms with Gasteiger partial charge in [-0.3, -0.25) is 4.79 Å². The lowest BCUT2D eigenvalue weighted by atomic mass is 9.46. The van der Waals surface area contributed by atoms with Crippen molar-refractivity contribution < 1.29 is 9.90 Å². The Morgan fingerprint density at radius 1 is 1.41 bits per heavy atom. The molecule has 0 aromatic heterocycles. The molecule has 2 fully saturated rings. The number of hydrogen-bond acceptors (Lipinski definition) is 1. The summed E-state index contributed by atoms with van der Waals surface area (Å²) in [6, 6.07) is 0. The first kappa shape index (κ1) is 17.1. The first-order valence-electron chi connectivity index (χ1n) is 8.46. The van der Waals surface area contributed by atoms with Gasteiger partial charge in [-0.15, -0.1) is 0 Å². The summed E-state index contributed by atoms with van der Waals surface area (Å²) in [5, 5.41) is 9.81. The Hall–Kier alpha value is -1.31. The molecule has 1 N–H and O–H groups in total. The third kappa shape index (κ3) is 2.68. The molecule has 2 saturated carbocycles. The van der Waals surface area contributed by atoms with E-state index in [1.54, 1.807) is 0 Å². The van der Waals surface area contributed by atoms with Crippen molar-refractivity contribution in [3.05, 3.63) is 36.5 Å². The smallest absolute Gasteiger partial charge is 0.309 e. The molecule has 0 bridgehead atoms. The number of hydrogen-bond donors (Lipinski definition) is 1. The van der Waals surface area contributed by atoms with Gasteiger partial charge < -0.3 is 5.11 Å².